The molecule has 3 aliphatic heterocycles. The fourth-order valence-corrected chi connectivity index (χ4v) is 12.6. The Hall–Kier alpha value is -1.56. The zero-order valence-electron chi connectivity index (χ0n) is 37.0. The fourth-order valence-electron chi connectivity index (χ4n) is 12.6. The van der Waals surface area contributed by atoms with Gasteiger partial charge in [-0.25, -0.2) is 0 Å². The minimum Gasteiger partial charge on any atom is -0.394 e. The summed E-state index contributed by atoms with van der Waals surface area (Å²) >= 11 is 0. The molecule has 7 rings (SSSR count). The number of Topliss-reactive ketones (excluding diaryl/α,β-unsaturated/α-hetero) is 2. The molecule has 0 spiro atoms. The number of ether oxygens (including phenoxy) is 6. The quantitative estimate of drug-likeness (QED) is 0.0957. The third-order valence-electron chi connectivity index (χ3n) is 16.5. The Kier molecular flexibility index (Phi) is 15.3. The summed E-state index contributed by atoms with van der Waals surface area (Å²) < 4.78 is 35.1. The van der Waals surface area contributed by atoms with Gasteiger partial charge in [-0.3, -0.25) is 9.59 Å². The number of allylic oxidation sites excluding steroid dienone is 1. The molecule has 63 heavy (non-hydrogen) atoms. The predicted octanol–water partition coefficient (Wildman–Crippen LogP) is -0.781. The maximum absolute atomic E-state index is 14.0. The van der Waals surface area contributed by atoms with Crippen molar-refractivity contribution >= 4 is 11.6 Å². The molecule has 0 aromatic heterocycles. The van der Waals surface area contributed by atoms with Gasteiger partial charge in [0, 0.05) is 24.7 Å². The first-order chi connectivity index (χ1) is 29.7. The second-order valence-electron chi connectivity index (χ2n) is 20.4. The number of carbonyl (C=O) groups excluding carboxylic acids is 2. The van der Waals surface area contributed by atoms with Crippen LogP contribution in [-0.4, -0.2) is 181 Å². The third kappa shape index (κ3) is 9.24. The van der Waals surface area contributed by atoms with Crippen LogP contribution in [-0.2, 0) is 38.0 Å². The SMILES string of the molecule is CC(CCC(=O)C(C)C1C(=O)CC2C3CC=C4CC(OC5OC(CO)C(O)C(O)C5OC5OC(C)C(O)C(O)C5O)CCC4(C)C3CCC21C)COC1OC(CO)C(O)C(O)C1O. The lowest BCUT2D eigenvalue weighted by Crippen LogP contribution is -2.64. The molecule has 24 atom stereocenters. The molecule has 6 fully saturated rings. The van der Waals surface area contributed by atoms with Gasteiger partial charge >= 0.3 is 0 Å². The maximum atomic E-state index is 14.0. The van der Waals surface area contributed by atoms with Crippen LogP contribution in [0.2, 0.25) is 0 Å². The number of hydrogen-bond donors (Lipinski definition) is 10. The molecule has 3 saturated heterocycles. The van der Waals surface area contributed by atoms with E-state index in [0.717, 1.165) is 25.7 Å². The standard InChI is InChI=1S/C45H72O18/c1-19(18-58-41-38(56)36(54)33(51)29(16-46)61-41)6-9-27(48)20(2)31-28(49)15-26-24-8-7-22-14-23(10-12-44(22,4)25(24)11-13-45(26,31)5)60-43-40(37(55)34(52)30(17-47)62-43)63-42-39(57)35(53)32(50)21(3)59-42/h7,19-21,23-26,29-43,46-47,50-57H,6,8-18H2,1-5H3. The zero-order valence-corrected chi connectivity index (χ0v) is 37.0. The van der Waals surface area contributed by atoms with Crippen molar-refractivity contribution in [3.63, 3.8) is 0 Å². The average Bonchev–Trinajstić information content (AvgIpc) is 3.54. The molecule has 18 nitrogen and oxygen atoms in total. The number of aliphatic hydroxyl groups excluding tert-OH is 10. The molecule has 10 N–H and O–H groups in total. The Morgan fingerprint density at radius 3 is 2.08 bits per heavy atom. The number of fused-ring (bicyclic) bond motifs is 5. The lowest BCUT2D eigenvalue weighted by molar-refractivity contribution is -0.369. The topological polar surface area (TPSA) is 292 Å². The van der Waals surface area contributed by atoms with E-state index in [9.17, 15) is 60.7 Å². The van der Waals surface area contributed by atoms with Crippen LogP contribution in [0, 0.1) is 46.3 Å². The zero-order chi connectivity index (χ0) is 45.9. The molecule has 4 aliphatic carbocycles. The highest BCUT2D eigenvalue weighted by Gasteiger charge is 2.63. The highest BCUT2D eigenvalue weighted by Crippen LogP contribution is 2.66. The van der Waals surface area contributed by atoms with Crippen LogP contribution in [0.15, 0.2) is 11.6 Å². The van der Waals surface area contributed by atoms with Gasteiger partial charge in [-0.1, -0.05) is 39.3 Å². The largest absolute Gasteiger partial charge is 0.394 e. The van der Waals surface area contributed by atoms with Crippen molar-refractivity contribution < 1.29 is 89.1 Å². The molecule has 7 aliphatic rings. The van der Waals surface area contributed by atoms with E-state index >= 15 is 0 Å². The van der Waals surface area contributed by atoms with Crippen LogP contribution in [0.25, 0.3) is 0 Å². The molecule has 0 aromatic rings. The minimum absolute atomic E-state index is 0.0171. The number of aliphatic hydroxyl groups is 10. The first kappa shape index (κ1) is 49.3. The van der Waals surface area contributed by atoms with Gasteiger partial charge in [-0.15, -0.1) is 0 Å². The average molecular weight is 901 g/mol. The molecule has 18 heteroatoms. The molecule has 0 aromatic carbocycles. The second kappa shape index (κ2) is 19.6. The number of hydrogen-bond acceptors (Lipinski definition) is 18. The summed E-state index contributed by atoms with van der Waals surface area (Å²) in [5, 5.41) is 103. The number of carbonyl (C=O) groups is 2. The summed E-state index contributed by atoms with van der Waals surface area (Å²) in [6.07, 6.45) is -13.4. The van der Waals surface area contributed by atoms with E-state index in [4.69, 9.17) is 28.4 Å². The number of ketones is 2. The van der Waals surface area contributed by atoms with Crippen molar-refractivity contribution in [3.8, 4) is 0 Å². The molecule has 24 unspecified atom stereocenters. The van der Waals surface area contributed by atoms with Gasteiger partial charge in [0.15, 0.2) is 18.9 Å². The molecule has 0 radical (unpaired) electrons. The third-order valence-corrected chi connectivity index (χ3v) is 16.5. The highest BCUT2D eigenvalue weighted by molar-refractivity contribution is 5.92. The normalized spacial score (nSPS) is 49.9. The van der Waals surface area contributed by atoms with E-state index in [2.05, 4.69) is 19.9 Å². The van der Waals surface area contributed by atoms with Crippen LogP contribution in [0.1, 0.15) is 92.4 Å². The summed E-state index contributed by atoms with van der Waals surface area (Å²) in [4.78, 5) is 27.8. The van der Waals surface area contributed by atoms with E-state index < -0.39 is 117 Å². The van der Waals surface area contributed by atoms with Crippen molar-refractivity contribution in [2.45, 2.75) is 191 Å². The molecule has 360 valence electrons. The van der Waals surface area contributed by atoms with Gasteiger partial charge in [0.2, 0.25) is 0 Å². The molecule has 3 saturated carbocycles. The van der Waals surface area contributed by atoms with Crippen LogP contribution >= 0.6 is 0 Å². The van der Waals surface area contributed by atoms with Crippen LogP contribution in [0.5, 0.6) is 0 Å². The van der Waals surface area contributed by atoms with Crippen LogP contribution < -0.4 is 0 Å². The van der Waals surface area contributed by atoms with Gasteiger partial charge in [0.05, 0.1) is 32.0 Å². The number of rotatable bonds is 14. The molecular weight excluding hydrogens is 828 g/mol. The monoisotopic (exact) mass is 900 g/mol. The molecule has 3 heterocycles. The van der Waals surface area contributed by atoms with E-state index in [0.29, 0.717) is 31.6 Å². The molecule has 0 amide bonds. The van der Waals surface area contributed by atoms with E-state index in [1.807, 2.05) is 13.8 Å². The predicted molar refractivity (Wildman–Crippen MR) is 218 cm³/mol. The second-order valence-corrected chi connectivity index (χ2v) is 20.4. The van der Waals surface area contributed by atoms with E-state index in [1.54, 1.807) is 0 Å². The summed E-state index contributed by atoms with van der Waals surface area (Å²) in [6, 6.07) is 0. The van der Waals surface area contributed by atoms with Crippen molar-refractivity contribution in [1.29, 1.82) is 0 Å². The lowest BCUT2D eigenvalue weighted by atomic mass is 9.47. The molecular formula is C45H72O18. The molecule has 0 bridgehead atoms. The van der Waals surface area contributed by atoms with Crippen molar-refractivity contribution in [1.82, 2.24) is 0 Å². The van der Waals surface area contributed by atoms with Crippen molar-refractivity contribution in [2.75, 3.05) is 19.8 Å². The Morgan fingerprint density at radius 1 is 0.762 bits per heavy atom. The van der Waals surface area contributed by atoms with Gasteiger partial charge in [-0.05, 0) is 86.4 Å². The fraction of sp³-hybridized carbons (Fsp3) is 0.911. The first-order valence-corrected chi connectivity index (χ1v) is 23.1. The van der Waals surface area contributed by atoms with Crippen molar-refractivity contribution in [3.05, 3.63) is 11.6 Å². The summed E-state index contributed by atoms with van der Waals surface area (Å²) in [5.74, 6) is -0.137. The van der Waals surface area contributed by atoms with E-state index in [-0.39, 0.29) is 59.3 Å². The Labute approximate surface area is 368 Å². The van der Waals surface area contributed by atoms with Gasteiger partial charge < -0.3 is 79.5 Å². The van der Waals surface area contributed by atoms with Gasteiger partial charge in [-0.2, -0.15) is 0 Å². The van der Waals surface area contributed by atoms with Gasteiger partial charge in [0.1, 0.15) is 78.7 Å². The smallest absolute Gasteiger partial charge is 0.187 e. The summed E-state index contributed by atoms with van der Waals surface area (Å²) in [5.41, 5.74) is 0.735. The van der Waals surface area contributed by atoms with Crippen LogP contribution in [0.3, 0.4) is 0 Å². The first-order valence-electron chi connectivity index (χ1n) is 23.1. The van der Waals surface area contributed by atoms with Gasteiger partial charge in [0.25, 0.3) is 0 Å². The summed E-state index contributed by atoms with van der Waals surface area (Å²) in [7, 11) is 0. The Balaban J connectivity index is 0.964. The Bertz CT molecular complexity index is 1630. The maximum Gasteiger partial charge on any atom is 0.187 e. The Morgan fingerprint density at radius 2 is 1.40 bits per heavy atom. The van der Waals surface area contributed by atoms with Crippen LogP contribution in [0.4, 0.5) is 0 Å². The van der Waals surface area contributed by atoms with E-state index in [1.165, 1.54) is 12.5 Å². The van der Waals surface area contributed by atoms with Crippen molar-refractivity contribution in [2.24, 2.45) is 46.3 Å². The highest BCUT2D eigenvalue weighted by atomic mass is 16.8. The summed E-state index contributed by atoms with van der Waals surface area (Å²) in [6.45, 7) is 8.71. The minimum atomic E-state index is -1.67. The lowest BCUT2D eigenvalue weighted by Gasteiger charge is -2.58.